The molecule has 0 bridgehead atoms. The van der Waals surface area contributed by atoms with Crippen molar-refractivity contribution >= 4 is 5.91 Å². The lowest BCUT2D eigenvalue weighted by Crippen LogP contribution is -2.45. The monoisotopic (exact) mass is 348 g/mol. The van der Waals surface area contributed by atoms with Crippen LogP contribution in [0.2, 0.25) is 0 Å². The van der Waals surface area contributed by atoms with Gasteiger partial charge in [0.15, 0.2) is 17.3 Å². The van der Waals surface area contributed by atoms with E-state index in [0.29, 0.717) is 26.2 Å². The van der Waals surface area contributed by atoms with Gasteiger partial charge in [-0.2, -0.15) is 0 Å². The second-order valence-electron chi connectivity index (χ2n) is 6.66. The van der Waals surface area contributed by atoms with E-state index in [1.165, 1.54) is 0 Å². The Balaban J connectivity index is 1.17. The molecule has 0 aromatic heterocycles. The first-order valence-corrected chi connectivity index (χ1v) is 8.88. The maximum absolute atomic E-state index is 12.1. The van der Waals surface area contributed by atoms with Gasteiger partial charge in [-0.3, -0.25) is 4.79 Å². The van der Waals surface area contributed by atoms with Gasteiger partial charge in [-0.15, -0.1) is 0 Å². The van der Waals surface area contributed by atoms with E-state index in [9.17, 15) is 4.79 Å². The van der Waals surface area contributed by atoms with Crippen LogP contribution in [0.25, 0.3) is 0 Å². The summed E-state index contributed by atoms with van der Waals surface area (Å²) in [6.07, 6.45) is 2.26. The highest BCUT2D eigenvalue weighted by atomic mass is 16.7. The molecule has 2 saturated heterocycles. The van der Waals surface area contributed by atoms with Gasteiger partial charge in [-0.1, -0.05) is 6.07 Å². The number of amides is 1. The number of benzene rings is 1. The van der Waals surface area contributed by atoms with Crippen molar-refractivity contribution in [1.29, 1.82) is 0 Å². The number of carbonyl (C=O) groups excluding carboxylic acids is 1. The predicted octanol–water partition coefficient (Wildman–Crippen LogP) is 1.26. The van der Waals surface area contributed by atoms with Crippen LogP contribution in [0.1, 0.15) is 24.8 Å². The molecule has 0 radical (unpaired) electrons. The van der Waals surface area contributed by atoms with Crippen LogP contribution in [0.4, 0.5) is 0 Å². The first kappa shape index (κ1) is 16.6. The molecule has 0 saturated carbocycles. The maximum atomic E-state index is 12.1. The predicted molar refractivity (Wildman–Crippen MR) is 89.3 cm³/mol. The smallest absolute Gasteiger partial charge is 0.231 e. The average Bonchev–Trinajstić information content (AvgIpc) is 3.28. The molecule has 1 spiro atoms. The summed E-state index contributed by atoms with van der Waals surface area (Å²) in [6.45, 7) is 4.75. The number of rotatable bonds is 5. The lowest BCUT2D eigenvalue weighted by atomic mass is 10.0. The van der Waals surface area contributed by atoms with E-state index in [-0.39, 0.29) is 18.5 Å². The Morgan fingerprint density at radius 3 is 2.68 bits per heavy atom. The van der Waals surface area contributed by atoms with E-state index >= 15 is 0 Å². The lowest BCUT2D eigenvalue weighted by Gasteiger charge is -2.37. The van der Waals surface area contributed by atoms with Gasteiger partial charge in [-0.25, -0.2) is 0 Å². The molecule has 4 rings (SSSR count). The van der Waals surface area contributed by atoms with E-state index in [1.54, 1.807) is 0 Å². The summed E-state index contributed by atoms with van der Waals surface area (Å²) >= 11 is 0. The summed E-state index contributed by atoms with van der Waals surface area (Å²) in [7, 11) is 0. The van der Waals surface area contributed by atoms with E-state index in [4.69, 9.17) is 18.9 Å². The van der Waals surface area contributed by atoms with E-state index < -0.39 is 0 Å². The molecular formula is C18H24N2O5. The first-order chi connectivity index (χ1) is 12.2. The maximum Gasteiger partial charge on any atom is 0.231 e. The molecule has 136 valence electrons. The topological polar surface area (TPSA) is 69.3 Å². The van der Waals surface area contributed by atoms with Crippen molar-refractivity contribution in [3.63, 3.8) is 0 Å². The van der Waals surface area contributed by atoms with E-state index in [0.717, 1.165) is 49.5 Å². The van der Waals surface area contributed by atoms with E-state index in [2.05, 4.69) is 10.2 Å². The minimum atomic E-state index is -0.349. The van der Waals surface area contributed by atoms with Crippen LogP contribution in [0.3, 0.4) is 0 Å². The van der Waals surface area contributed by atoms with Crippen molar-refractivity contribution in [2.45, 2.75) is 31.6 Å². The van der Waals surface area contributed by atoms with Crippen molar-refractivity contribution in [2.75, 3.05) is 39.6 Å². The zero-order valence-corrected chi connectivity index (χ0v) is 14.3. The summed E-state index contributed by atoms with van der Waals surface area (Å²) in [6, 6.07) is 5.73. The van der Waals surface area contributed by atoms with Crippen LogP contribution >= 0.6 is 0 Å². The summed E-state index contributed by atoms with van der Waals surface area (Å²) in [5, 5.41) is 2.97. The SMILES string of the molecule is O=C(CCN1CCC2(CC1)OCCO2)NCc1ccc2c(c1)OCO2. The second kappa shape index (κ2) is 7.19. The standard InChI is InChI=1S/C18H24N2O5/c21-17(19-12-14-1-2-15-16(11-14)23-13-22-15)3-6-20-7-4-18(5-8-20)24-9-10-25-18/h1-2,11H,3-10,12-13H2,(H,19,21). The number of ether oxygens (including phenoxy) is 4. The molecule has 0 aliphatic carbocycles. The lowest BCUT2D eigenvalue weighted by molar-refractivity contribution is -0.185. The highest BCUT2D eigenvalue weighted by molar-refractivity contribution is 5.76. The Morgan fingerprint density at radius 2 is 1.88 bits per heavy atom. The summed E-state index contributed by atoms with van der Waals surface area (Å²) in [5.74, 6) is 1.21. The molecule has 0 atom stereocenters. The second-order valence-corrected chi connectivity index (χ2v) is 6.66. The van der Waals surface area contributed by atoms with Crippen LogP contribution in [0.5, 0.6) is 11.5 Å². The molecule has 2 fully saturated rings. The average molecular weight is 348 g/mol. The van der Waals surface area contributed by atoms with Crippen LogP contribution in [0.15, 0.2) is 18.2 Å². The van der Waals surface area contributed by atoms with Crippen LogP contribution < -0.4 is 14.8 Å². The van der Waals surface area contributed by atoms with Gasteiger partial charge in [-0.05, 0) is 17.7 Å². The Bertz CT molecular complexity index is 620. The number of hydrogen-bond donors (Lipinski definition) is 1. The summed E-state index contributed by atoms with van der Waals surface area (Å²) in [4.78, 5) is 14.4. The highest BCUT2D eigenvalue weighted by Crippen LogP contribution is 2.32. The molecule has 3 aliphatic rings. The Morgan fingerprint density at radius 1 is 1.12 bits per heavy atom. The number of nitrogens with zero attached hydrogens (tertiary/aromatic N) is 1. The molecule has 1 aromatic carbocycles. The minimum Gasteiger partial charge on any atom is -0.454 e. The quantitative estimate of drug-likeness (QED) is 0.864. The zero-order chi connectivity index (χ0) is 17.1. The van der Waals surface area contributed by atoms with Crippen LogP contribution in [0, 0.1) is 0 Å². The van der Waals surface area contributed by atoms with Crippen molar-refractivity contribution < 1.29 is 23.7 Å². The molecule has 3 aliphatic heterocycles. The first-order valence-electron chi connectivity index (χ1n) is 8.88. The number of fused-ring (bicyclic) bond motifs is 1. The molecule has 1 amide bonds. The number of likely N-dealkylation sites (tertiary alicyclic amines) is 1. The van der Waals surface area contributed by atoms with Crippen LogP contribution in [-0.4, -0.2) is 56.2 Å². The largest absolute Gasteiger partial charge is 0.454 e. The fourth-order valence-electron chi connectivity index (χ4n) is 3.50. The highest BCUT2D eigenvalue weighted by Gasteiger charge is 2.39. The van der Waals surface area contributed by atoms with Gasteiger partial charge in [0.25, 0.3) is 0 Å². The van der Waals surface area contributed by atoms with Gasteiger partial charge in [0.2, 0.25) is 12.7 Å². The Kier molecular flexibility index (Phi) is 4.78. The molecular weight excluding hydrogens is 324 g/mol. The van der Waals surface area contributed by atoms with Crippen LogP contribution in [-0.2, 0) is 20.8 Å². The van der Waals surface area contributed by atoms with E-state index in [1.807, 2.05) is 18.2 Å². The molecule has 0 unspecified atom stereocenters. The van der Waals surface area contributed by atoms with Gasteiger partial charge < -0.3 is 29.2 Å². The number of piperidine rings is 1. The van der Waals surface area contributed by atoms with Crippen molar-refractivity contribution in [1.82, 2.24) is 10.2 Å². The van der Waals surface area contributed by atoms with Gasteiger partial charge in [0.1, 0.15) is 0 Å². The molecule has 7 heteroatoms. The normalized spacial score (nSPS) is 21.6. The summed E-state index contributed by atoms with van der Waals surface area (Å²) < 4.78 is 22.1. The third-order valence-corrected chi connectivity index (χ3v) is 5.01. The Labute approximate surface area is 147 Å². The molecule has 7 nitrogen and oxygen atoms in total. The molecule has 1 aromatic rings. The third-order valence-electron chi connectivity index (χ3n) is 5.01. The molecule has 25 heavy (non-hydrogen) atoms. The molecule has 1 N–H and O–H groups in total. The molecule has 3 heterocycles. The third kappa shape index (κ3) is 3.89. The summed E-state index contributed by atoms with van der Waals surface area (Å²) in [5.41, 5.74) is 1.01. The van der Waals surface area contributed by atoms with Gasteiger partial charge >= 0.3 is 0 Å². The van der Waals surface area contributed by atoms with Gasteiger partial charge in [0, 0.05) is 45.4 Å². The van der Waals surface area contributed by atoms with Crippen molar-refractivity contribution in [2.24, 2.45) is 0 Å². The Hall–Kier alpha value is -1.83. The zero-order valence-electron chi connectivity index (χ0n) is 14.3. The number of hydrogen-bond acceptors (Lipinski definition) is 6. The fourth-order valence-corrected chi connectivity index (χ4v) is 3.50. The number of carbonyl (C=O) groups is 1. The number of nitrogens with one attached hydrogen (secondary N) is 1. The van der Waals surface area contributed by atoms with Gasteiger partial charge in [0.05, 0.1) is 13.2 Å². The van der Waals surface area contributed by atoms with Crippen molar-refractivity contribution in [3.05, 3.63) is 23.8 Å². The van der Waals surface area contributed by atoms with Crippen molar-refractivity contribution in [3.8, 4) is 11.5 Å². The fraction of sp³-hybridized carbons (Fsp3) is 0.611. The minimum absolute atomic E-state index is 0.0614.